The van der Waals surface area contributed by atoms with E-state index in [-0.39, 0.29) is 5.54 Å². The van der Waals surface area contributed by atoms with E-state index in [1.54, 1.807) is 0 Å². The van der Waals surface area contributed by atoms with Crippen molar-refractivity contribution in [2.75, 3.05) is 26.3 Å². The third-order valence-electron chi connectivity index (χ3n) is 2.55. The summed E-state index contributed by atoms with van der Waals surface area (Å²) in [5.41, 5.74) is -0.538. The highest BCUT2D eigenvalue weighted by molar-refractivity contribution is 5.90. The van der Waals surface area contributed by atoms with E-state index in [0.717, 1.165) is 26.3 Å². The fourth-order valence-electron chi connectivity index (χ4n) is 1.26. The second-order valence-corrected chi connectivity index (χ2v) is 4.20. The van der Waals surface area contributed by atoms with Crippen molar-refractivity contribution in [3.8, 4) is 18.4 Å². The fourth-order valence-corrected chi connectivity index (χ4v) is 1.26. The number of carboxylic acids is 1. The Balaban J connectivity index is 0.000000360. The molecule has 0 aromatic carbocycles. The van der Waals surface area contributed by atoms with Crippen LogP contribution in [0.15, 0.2) is 12.2 Å². The minimum atomic E-state index is -1.26. The van der Waals surface area contributed by atoms with E-state index in [4.69, 9.17) is 21.5 Å². The van der Waals surface area contributed by atoms with E-state index in [9.17, 15) is 4.79 Å². The van der Waals surface area contributed by atoms with Gasteiger partial charge in [-0.15, -0.1) is 6.42 Å². The van der Waals surface area contributed by atoms with Crippen LogP contribution in [0.1, 0.15) is 13.8 Å². The largest absolute Gasteiger partial charge is 0.477 e. The van der Waals surface area contributed by atoms with Crippen LogP contribution in [0.25, 0.3) is 0 Å². The van der Waals surface area contributed by atoms with E-state index in [1.165, 1.54) is 6.07 Å². The molecule has 0 bridgehead atoms. The Kier molecular flexibility index (Phi) is 6.74. The molecule has 0 aromatic heterocycles. The molecule has 1 heterocycles. The van der Waals surface area contributed by atoms with Crippen LogP contribution in [0.3, 0.4) is 0 Å². The van der Waals surface area contributed by atoms with Gasteiger partial charge in [-0.2, -0.15) is 5.26 Å². The van der Waals surface area contributed by atoms with Gasteiger partial charge in [-0.1, -0.05) is 12.5 Å². The van der Waals surface area contributed by atoms with Gasteiger partial charge in [-0.3, -0.25) is 4.90 Å². The molecule has 0 saturated carbocycles. The van der Waals surface area contributed by atoms with Crippen molar-refractivity contribution in [2.45, 2.75) is 19.4 Å². The van der Waals surface area contributed by atoms with Gasteiger partial charge < -0.3 is 9.84 Å². The molecule has 98 valence electrons. The highest BCUT2D eigenvalue weighted by Gasteiger charge is 2.25. The first kappa shape index (κ1) is 16.2. The zero-order chi connectivity index (χ0) is 14.2. The van der Waals surface area contributed by atoms with Crippen molar-refractivity contribution in [3.63, 3.8) is 0 Å². The van der Waals surface area contributed by atoms with E-state index < -0.39 is 11.5 Å². The number of ether oxygens (including phenoxy) is 1. The van der Waals surface area contributed by atoms with Gasteiger partial charge in [0, 0.05) is 13.1 Å². The lowest BCUT2D eigenvalue weighted by Crippen LogP contribution is -2.48. The number of carboxylic acid groups (broad SMARTS) is 1. The Hall–Kier alpha value is -1.82. The van der Waals surface area contributed by atoms with Crippen LogP contribution in [0.5, 0.6) is 0 Å². The Morgan fingerprint density at radius 1 is 1.50 bits per heavy atom. The average molecular weight is 250 g/mol. The summed E-state index contributed by atoms with van der Waals surface area (Å²) in [6.07, 6.45) is 5.40. The van der Waals surface area contributed by atoms with Gasteiger partial charge >= 0.3 is 5.97 Å². The smallest absolute Gasteiger partial charge is 0.345 e. The monoisotopic (exact) mass is 250 g/mol. The first-order valence-corrected chi connectivity index (χ1v) is 5.48. The molecular weight excluding hydrogens is 232 g/mol. The molecular formula is C13H18N2O3. The van der Waals surface area contributed by atoms with Crippen molar-refractivity contribution < 1.29 is 14.6 Å². The molecule has 0 spiro atoms. The van der Waals surface area contributed by atoms with E-state index in [1.807, 2.05) is 0 Å². The molecule has 18 heavy (non-hydrogen) atoms. The number of hydrogen-bond acceptors (Lipinski definition) is 4. The van der Waals surface area contributed by atoms with Gasteiger partial charge in [0.05, 0.1) is 18.8 Å². The van der Waals surface area contributed by atoms with Gasteiger partial charge in [0.25, 0.3) is 0 Å². The molecule has 1 rings (SSSR count). The Labute approximate surface area is 108 Å². The maximum absolute atomic E-state index is 9.61. The predicted octanol–water partition coefficient (Wildman–Crippen LogP) is 0.881. The summed E-state index contributed by atoms with van der Waals surface area (Å²) in [6, 6.07) is 1.37. The second-order valence-electron chi connectivity index (χ2n) is 4.20. The van der Waals surface area contributed by atoms with Crippen molar-refractivity contribution in [2.24, 2.45) is 0 Å². The van der Waals surface area contributed by atoms with Crippen LogP contribution in [0.4, 0.5) is 0 Å². The van der Waals surface area contributed by atoms with Gasteiger partial charge in [-0.25, -0.2) is 4.79 Å². The number of carbonyl (C=O) groups is 1. The molecule has 1 saturated heterocycles. The van der Waals surface area contributed by atoms with Crippen LogP contribution in [0, 0.1) is 23.7 Å². The molecule has 1 N–H and O–H groups in total. The summed E-state index contributed by atoms with van der Waals surface area (Å²) in [5.74, 6) is 1.52. The molecule has 0 atom stereocenters. The lowest BCUT2D eigenvalue weighted by Gasteiger charge is -2.36. The van der Waals surface area contributed by atoms with Crippen LogP contribution in [-0.4, -0.2) is 47.8 Å². The molecule has 5 nitrogen and oxygen atoms in total. The molecule has 0 amide bonds. The number of hydrogen-bond donors (Lipinski definition) is 1. The number of nitriles is 1. The zero-order valence-electron chi connectivity index (χ0n) is 10.8. The van der Waals surface area contributed by atoms with Gasteiger partial charge in [0.15, 0.2) is 0 Å². The topological polar surface area (TPSA) is 73.6 Å². The molecule has 1 aliphatic heterocycles. The summed E-state index contributed by atoms with van der Waals surface area (Å²) >= 11 is 0. The number of morpholine rings is 1. The average Bonchev–Trinajstić information content (AvgIpc) is 2.39. The lowest BCUT2D eigenvalue weighted by molar-refractivity contribution is -0.132. The molecule has 0 unspecified atom stereocenters. The summed E-state index contributed by atoms with van der Waals surface area (Å²) in [4.78, 5) is 11.9. The van der Waals surface area contributed by atoms with E-state index in [0.29, 0.717) is 0 Å². The number of terminal acetylenes is 1. The van der Waals surface area contributed by atoms with Crippen LogP contribution < -0.4 is 0 Å². The number of aliphatic carboxylic acids is 1. The first-order chi connectivity index (χ1) is 8.35. The fraction of sp³-hybridized carbons (Fsp3) is 0.538. The van der Waals surface area contributed by atoms with Crippen molar-refractivity contribution in [1.29, 1.82) is 5.26 Å². The summed E-state index contributed by atoms with van der Waals surface area (Å²) in [6.45, 7) is 10.6. The van der Waals surface area contributed by atoms with Crippen LogP contribution in [0.2, 0.25) is 0 Å². The minimum Gasteiger partial charge on any atom is -0.477 e. The highest BCUT2D eigenvalue weighted by Crippen LogP contribution is 2.14. The molecule has 5 heteroatoms. The standard InChI is InChI=1S/C9H15NO.C4H3NO2/c1-4-9(2,3)10-5-7-11-8-6-10;1-3(2-5)4(6)7/h1H,5-8H2,2-3H3;1H2,(H,6,7). The molecule has 1 fully saturated rings. The van der Waals surface area contributed by atoms with Crippen molar-refractivity contribution in [1.82, 2.24) is 4.90 Å². The summed E-state index contributed by atoms with van der Waals surface area (Å²) in [5, 5.41) is 15.6. The Morgan fingerprint density at radius 3 is 2.28 bits per heavy atom. The normalized spacial score (nSPS) is 15.6. The highest BCUT2D eigenvalue weighted by atomic mass is 16.5. The third-order valence-corrected chi connectivity index (χ3v) is 2.55. The minimum absolute atomic E-state index is 0.107. The maximum Gasteiger partial charge on any atom is 0.345 e. The summed E-state index contributed by atoms with van der Waals surface area (Å²) in [7, 11) is 0. The second kappa shape index (κ2) is 7.50. The SMILES string of the molecule is C#CC(C)(C)N1CCOCC1.C=C(C#N)C(=O)O. The van der Waals surface area contributed by atoms with Gasteiger partial charge in [-0.05, 0) is 13.8 Å². The van der Waals surface area contributed by atoms with Crippen LogP contribution >= 0.6 is 0 Å². The Bertz CT molecular complexity index is 382. The molecule has 0 radical (unpaired) electrons. The first-order valence-electron chi connectivity index (χ1n) is 5.48. The summed E-state index contributed by atoms with van der Waals surface area (Å²) < 4.78 is 5.23. The van der Waals surface area contributed by atoms with Gasteiger partial charge in [0.2, 0.25) is 0 Å². The molecule has 1 aliphatic rings. The van der Waals surface area contributed by atoms with E-state index in [2.05, 4.69) is 31.2 Å². The van der Waals surface area contributed by atoms with Gasteiger partial charge in [0.1, 0.15) is 11.6 Å². The zero-order valence-corrected chi connectivity index (χ0v) is 10.8. The van der Waals surface area contributed by atoms with Crippen molar-refractivity contribution >= 4 is 5.97 Å². The maximum atomic E-state index is 9.61. The molecule has 0 aliphatic carbocycles. The van der Waals surface area contributed by atoms with Crippen molar-refractivity contribution in [3.05, 3.63) is 12.2 Å². The van der Waals surface area contributed by atoms with E-state index >= 15 is 0 Å². The Morgan fingerprint density at radius 2 is 2.00 bits per heavy atom. The predicted molar refractivity (Wildman–Crippen MR) is 67.7 cm³/mol. The number of rotatable bonds is 2. The quantitative estimate of drug-likeness (QED) is 0.447. The lowest BCUT2D eigenvalue weighted by atomic mass is 10.0. The number of nitrogens with zero attached hydrogens (tertiary/aromatic N) is 2. The third kappa shape index (κ3) is 5.49. The van der Waals surface area contributed by atoms with Crippen LogP contribution in [-0.2, 0) is 9.53 Å². The molecule has 0 aromatic rings.